The molecule has 2 aliphatic rings. The smallest absolute Gasteiger partial charge is 0.128 e. The van der Waals surface area contributed by atoms with E-state index in [0.717, 1.165) is 18.7 Å². The van der Waals surface area contributed by atoms with E-state index in [-0.39, 0.29) is 0 Å². The summed E-state index contributed by atoms with van der Waals surface area (Å²) >= 11 is 0. The van der Waals surface area contributed by atoms with Gasteiger partial charge in [0, 0.05) is 24.7 Å². The molecule has 3 heteroatoms. The molecule has 0 saturated carbocycles. The van der Waals surface area contributed by atoms with Crippen molar-refractivity contribution in [1.29, 1.82) is 5.41 Å². The van der Waals surface area contributed by atoms with E-state index in [1.807, 2.05) is 6.07 Å². The molecule has 102 valence electrons. The molecule has 3 rings (SSSR count). The summed E-state index contributed by atoms with van der Waals surface area (Å²) in [7, 11) is 0. The van der Waals surface area contributed by atoms with Crippen LogP contribution in [-0.4, -0.2) is 41.3 Å². The summed E-state index contributed by atoms with van der Waals surface area (Å²) in [5.74, 6) is 0.708. The summed E-state index contributed by atoms with van der Waals surface area (Å²) in [6.07, 6.45) is 4.06. The third-order valence-electron chi connectivity index (χ3n) is 4.40. The van der Waals surface area contributed by atoms with Crippen LogP contribution < -0.4 is 0 Å². The Morgan fingerprint density at radius 3 is 2.63 bits per heavy atom. The van der Waals surface area contributed by atoms with Gasteiger partial charge < -0.3 is 9.80 Å². The number of rotatable bonds is 3. The van der Waals surface area contributed by atoms with Gasteiger partial charge in [0.05, 0.1) is 0 Å². The maximum absolute atomic E-state index is 8.34. The van der Waals surface area contributed by atoms with Crippen LogP contribution in [0.2, 0.25) is 0 Å². The minimum absolute atomic E-state index is 0.429. The Bertz CT molecular complexity index is 463. The first kappa shape index (κ1) is 12.7. The summed E-state index contributed by atoms with van der Waals surface area (Å²) in [5, 5.41) is 8.34. The van der Waals surface area contributed by atoms with Gasteiger partial charge in [-0.05, 0) is 38.4 Å². The largest absolute Gasteiger partial charge is 0.348 e. The zero-order valence-electron chi connectivity index (χ0n) is 11.7. The highest BCUT2D eigenvalue weighted by Gasteiger charge is 2.28. The van der Waals surface area contributed by atoms with Gasteiger partial charge in [-0.1, -0.05) is 30.7 Å². The molecular weight excluding hydrogens is 234 g/mol. The van der Waals surface area contributed by atoms with Crippen LogP contribution in [0, 0.1) is 5.41 Å². The number of piperidine rings is 1. The highest BCUT2D eigenvalue weighted by Crippen LogP contribution is 2.24. The summed E-state index contributed by atoms with van der Waals surface area (Å²) in [6, 6.07) is 8.76. The molecule has 2 heterocycles. The normalized spacial score (nSPS) is 21.5. The number of benzene rings is 1. The molecular formula is C16H23N3. The number of nitrogens with one attached hydrogen (secondary N) is 1. The van der Waals surface area contributed by atoms with Crippen molar-refractivity contribution in [3.8, 4) is 0 Å². The van der Waals surface area contributed by atoms with Gasteiger partial charge in [0.25, 0.3) is 0 Å². The SMILES string of the molecule is CC(CN1CCCCC1)N1Cc2ccccc2C1=N. The first-order valence-corrected chi connectivity index (χ1v) is 7.41. The second-order valence-electron chi connectivity index (χ2n) is 5.84. The first-order valence-electron chi connectivity index (χ1n) is 7.41. The molecule has 0 spiro atoms. The molecule has 0 bridgehead atoms. The molecule has 1 N–H and O–H groups in total. The van der Waals surface area contributed by atoms with Crippen molar-refractivity contribution in [1.82, 2.24) is 9.80 Å². The molecule has 1 saturated heterocycles. The van der Waals surface area contributed by atoms with E-state index >= 15 is 0 Å². The molecule has 0 aromatic heterocycles. The van der Waals surface area contributed by atoms with Crippen molar-refractivity contribution in [3.63, 3.8) is 0 Å². The summed E-state index contributed by atoms with van der Waals surface area (Å²) in [4.78, 5) is 4.81. The van der Waals surface area contributed by atoms with Gasteiger partial charge in [0.1, 0.15) is 5.84 Å². The molecule has 1 aromatic carbocycles. The third kappa shape index (κ3) is 2.52. The van der Waals surface area contributed by atoms with E-state index in [4.69, 9.17) is 5.41 Å². The number of nitrogens with zero attached hydrogens (tertiary/aromatic N) is 2. The van der Waals surface area contributed by atoms with Crippen LogP contribution in [-0.2, 0) is 6.54 Å². The van der Waals surface area contributed by atoms with E-state index in [2.05, 4.69) is 34.9 Å². The van der Waals surface area contributed by atoms with Crippen LogP contribution in [0.25, 0.3) is 0 Å². The lowest BCUT2D eigenvalue weighted by Gasteiger charge is -2.33. The summed E-state index contributed by atoms with van der Waals surface area (Å²) < 4.78 is 0. The van der Waals surface area contributed by atoms with Crippen molar-refractivity contribution < 1.29 is 0 Å². The van der Waals surface area contributed by atoms with Crippen molar-refractivity contribution in [2.75, 3.05) is 19.6 Å². The maximum Gasteiger partial charge on any atom is 0.128 e. The Morgan fingerprint density at radius 1 is 1.16 bits per heavy atom. The number of hydrogen-bond acceptors (Lipinski definition) is 2. The average molecular weight is 257 g/mol. The fourth-order valence-electron chi connectivity index (χ4n) is 3.30. The fraction of sp³-hybridized carbons (Fsp3) is 0.562. The van der Waals surface area contributed by atoms with E-state index in [9.17, 15) is 0 Å². The van der Waals surface area contributed by atoms with E-state index in [1.165, 1.54) is 37.9 Å². The van der Waals surface area contributed by atoms with Crippen molar-refractivity contribution in [3.05, 3.63) is 35.4 Å². The number of hydrogen-bond donors (Lipinski definition) is 1. The van der Waals surface area contributed by atoms with Gasteiger partial charge in [-0.15, -0.1) is 0 Å². The second-order valence-corrected chi connectivity index (χ2v) is 5.84. The summed E-state index contributed by atoms with van der Waals surface area (Å²) in [5.41, 5.74) is 2.42. The molecule has 0 amide bonds. The van der Waals surface area contributed by atoms with Crippen LogP contribution in [0.3, 0.4) is 0 Å². The quantitative estimate of drug-likeness (QED) is 0.902. The minimum atomic E-state index is 0.429. The Hall–Kier alpha value is -1.35. The van der Waals surface area contributed by atoms with Crippen LogP contribution >= 0.6 is 0 Å². The minimum Gasteiger partial charge on any atom is -0.348 e. The lowest BCUT2D eigenvalue weighted by Crippen LogP contribution is -2.44. The zero-order chi connectivity index (χ0) is 13.2. The van der Waals surface area contributed by atoms with Crippen LogP contribution in [0.1, 0.15) is 37.3 Å². The monoisotopic (exact) mass is 257 g/mol. The molecule has 0 aliphatic carbocycles. The predicted octanol–water partition coefficient (Wildman–Crippen LogP) is 2.70. The highest BCUT2D eigenvalue weighted by molar-refractivity contribution is 6.00. The van der Waals surface area contributed by atoms with Gasteiger partial charge in [0.2, 0.25) is 0 Å². The number of fused-ring (bicyclic) bond motifs is 1. The molecule has 2 aliphatic heterocycles. The second kappa shape index (κ2) is 5.33. The van der Waals surface area contributed by atoms with Crippen LogP contribution in [0.5, 0.6) is 0 Å². The van der Waals surface area contributed by atoms with Gasteiger partial charge in [0.15, 0.2) is 0 Å². The Kier molecular flexibility index (Phi) is 3.56. The highest BCUT2D eigenvalue weighted by atomic mass is 15.3. The van der Waals surface area contributed by atoms with E-state index < -0.39 is 0 Å². The van der Waals surface area contributed by atoms with Crippen molar-refractivity contribution in [2.45, 2.75) is 38.8 Å². The van der Waals surface area contributed by atoms with Gasteiger partial charge in [-0.3, -0.25) is 5.41 Å². The third-order valence-corrected chi connectivity index (χ3v) is 4.40. The number of likely N-dealkylation sites (tertiary alicyclic amines) is 1. The molecule has 3 nitrogen and oxygen atoms in total. The predicted molar refractivity (Wildman–Crippen MR) is 78.6 cm³/mol. The lowest BCUT2D eigenvalue weighted by atomic mass is 10.1. The molecule has 0 radical (unpaired) electrons. The molecule has 19 heavy (non-hydrogen) atoms. The molecule has 1 atom stereocenters. The topological polar surface area (TPSA) is 30.3 Å². The fourth-order valence-corrected chi connectivity index (χ4v) is 3.30. The Balaban J connectivity index is 1.65. The van der Waals surface area contributed by atoms with E-state index in [1.54, 1.807) is 0 Å². The first-order chi connectivity index (χ1) is 9.25. The molecule has 1 fully saturated rings. The molecule has 1 aromatic rings. The Morgan fingerprint density at radius 2 is 1.89 bits per heavy atom. The van der Waals surface area contributed by atoms with Crippen molar-refractivity contribution in [2.24, 2.45) is 0 Å². The zero-order valence-corrected chi connectivity index (χ0v) is 11.7. The summed E-state index contributed by atoms with van der Waals surface area (Å²) in [6.45, 7) is 6.73. The van der Waals surface area contributed by atoms with E-state index in [0.29, 0.717) is 11.9 Å². The van der Waals surface area contributed by atoms with Gasteiger partial charge in [-0.25, -0.2) is 0 Å². The van der Waals surface area contributed by atoms with Crippen LogP contribution in [0.4, 0.5) is 0 Å². The molecule has 1 unspecified atom stereocenters. The maximum atomic E-state index is 8.34. The van der Waals surface area contributed by atoms with Gasteiger partial charge >= 0.3 is 0 Å². The number of amidine groups is 1. The van der Waals surface area contributed by atoms with Gasteiger partial charge in [-0.2, -0.15) is 0 Å². The average Bonchev–Trinajstić information content (AvgIpc) is 2.78. The standard InChI is InChI=1S/C16H23N3/c1-13(11-18-9-5-2-6-10-18)19-12-14-7-3-4-8-15(14)16(19)17/h3-4,7-8,13,17H,2,5-6,9-12H2,1H3. The Labute approximate surface area is 115 Å². The van der Waals surface area contributed by atoms with Crippen molar-refractivity contribution >= 4 is 5.84 Å². The lowest BCUT2D eigenvalue weighted by molar-refractivity contribution is 0.176. The van der Waals surface area contributed by atoms with Crippen LogP contribution in [0.15, 0.2) is 24.3 Å².